The van der Waals surface area contributed by atoms with Crippen molar-refractivity contribution in [3.05, 3.63) is 44.2 Å². The van der Waals surface area contributed by atoms with E-state index in [1.165, 1.54) is 0 Å². The first kappa shape index (κ1) is 26.2. The number of pyridine rings is 1. The zero-order valence-corrected chi connectivity index (χ0v) is 22.7. The number of hydrogen-bond acceptors (Lipinski definition) is 5. The molecule has 0 saturated heterocycles. The second-order valence-corrected chi connectivity index (χ2v) is 12.3. The number of carbonyl (C=O) groups is 1. The molecule has 36 heavy (non-hydrogen) atoms. The Kier molecular flexibility index (Phi) is 6.72. The average Bonchev–Trinajstić information content (AvgIpc) is 3.16. The minimum Gasteiger partial charge on any atom is -0.299 e. The van der Waals surface area contributed by atoms with Crippen molar-refractivity contribution in [2.45, 2.75) is 73.1 Å². The summed E-state index contributed by atoms with van der Waals surface area (Å²) in [5.41, 5.74) is -0.564. The number of nitrogens with zero attached hydrogens (tertiary/aromatic N) is 1. The number of ketones is 1. The van der Waals surface area contributed by atoms with Gasteiger partial charge in [-0.2, -0.15) is 8.42 Å². The van der Waals surface area contributed by atoms with E-state index in [0.29, 0.717) is 29.2 Å². The normalized spacial score (nSPS) is 23.2. The van der Waals surface area contributed by atoms with Gasteiger partial charge in [-0.05, 0) is 67.4 Å². The van der Waals surface area contributed by atoms with E-state index in [-0.39, 0.29) is 17.1 Å². The number of aromatic nitrogens is 1. The molecule has 7 heteroatoms. The van der Waals surface area contributed by atoms with Crippen molar-refractivity contribution in [2.75, 3.05) is 5.75 Å². The number of fused-ring (bicyclic) bond motifs is 3. The van der Waals surface area contributed by atoms with E-state index in [0.717, 1.165) is 41.2 Å². The van der Waals surface area contributed by atoms with E-state index in [1.807, 2.05) is 26.8 Å². The first-order valence-corrected chi connectivity index (χ1v) is 14.3. The monoisotopic (exact) mass is 509 g/mol. The molecule has 1 aromatic carbocycles. The van der Waals surface area contributed by atoms with Crippen LogP contribution in [0.5, 0.6) is 0 Å². The van der Waals surface area contributed by atoms with E-state index in [4.69, 9.17) is 4.28 Å². The number of benzene rings is 1. The summed E-state index contributed by atoms with van der Waals surface area (Å²) in [6.07, 6.45) is 6.54. The third-order valence-electron chi connectivity index (χ3n) is 8.63. The third-order valence-corrected chi connectivity index (χ3v) is 9.85. The lowest BCUT2D eigenvalue weighted by atomic mass is 9.70. The molecule has 0 aliphatic heterocycles. The molecule has 2 aliphatic carbocycles. The molecule has 1 heterocycles. The minimum absolute atomic E-state index is 0.0245. The molecule has 2 unspecified atom stereocenters. The van der Waals surface area contributed by atoms with E-state index in [9.17, 15) is 18.0 Å². The number of rotatable bonds is 6. The molecule has 0 spiro atoms. The van der Waals surface area contributed by atoms with Crippen LogP contribution < -0.4 is 20.4 Å². The van der Waals surface area contributed by atoms with Gasteiger partial charge in [0, 0.05) is 23.8 Å². The van der Waals surface area contributed by atoms with Crippen LogP contribution in [0, 0.1) is 35.5 Å². The van der Waals surface area contributed by atoms with Gasteiger partial charge >= 0.3 is 10.1 Å². The highest BCUT2D eigenvalue weighted by Gasteiger charge is 2.65. The summed E-state index contributed by atoms with van der Waals surface area (Å²) in [5.74, 6) is 6.11. The molecule has 2 bridgehead atoms. The van der Waals surface area contributed by atoms with Crippen molar-refractivity contribution in [1.82, 2.24) is 4.73 Å². The lowest BCUT2D eigenvalue weighted by Crippen LogP contribution is -2.48. The van der Waals surface area contributed by atoms with Gasteiger partial charge in [-0.3, -0.25) is 13.9 Å². The number of unbranched alkanes of at least 4 members (excludes halogenated alkanes) is 2. The highest BCUT2D eigenvalue weighted by molar-refractivity contribution is 7.86. The third kappa shape index (κ3) is 4.00. The fraction of sp³-hybridized carbons (Fsp3) is 0.517. The van der Waals surface area contributed by atoms with Gasteiger partial charge in [-0.1, -0.05) is 51.7 Å². The van der Waals surface area contributed by atoms with Crippen molar-refractivity contribution >= 4 is 39.3 Å². The molecule has 0 radical (unpaired) electrons. The Morgan fingerprint density at radius 1 is 1.28 bits per heavy atom. The maximum atomic E-state index is 13.5. The highest BCUT2D eigenvalue weighted by Crippen LogP contribution is 2.64. The Hall–Kier alpha value is -2.85. The van der Waals surface area contributed by atoms with Crippen molar-refractivity contribution in [3.8, 4) is 11.8 Å². The number of aryl methyl sites for hydroxylation is 1. The molecular weight excluding hydrogens is 474 g/mol. The van der Waals surface area contributed by atoms with E-state index in [1.54, 1.807) is 19.1 Å². The van der Waals surface area contributed by atoms with Gasteiger partial charge in [0.05, 0.1) is 16.2 Å². The predicted molar refractivity (Wildman–Crippen MR) is 143 cm³/mol. The first-order valence-electron chi connectivity index (χ1n) is 12.7. The lowest BCUT2D eigenvalue weighted by Gasteiger charge is -2.35. The van der Waals surface area contributed by atoms with E-state index >= 15 is 0 Å². The van der Waals surface area contributed by atoms with Gasteiger partial charge in [0.25, 0.3) is 5.56 Å². The zero-order valence-electron chi connectivity index (χ0n) is 21.9. The fourth-order valence-corrected chi connectivity index (χ4v) is 7.91. The number of carbonyl (C=O) groups excluding carboxylic acids is 1. The van der Waals surface area contributed by atoms with Crippen LogP contribution in [0.15, 0.2) is 16.9 Å². The summed E-state index contributed by atoms with van der Waals surface area (Å²) in [7, 11) is -4.27. The van der Waals surface area contributed by atoms with Crippen LogP contribution in [0.4, 0.5) is 0 Å². The number of hydrogen-bond donors (Lipinski definition) is 0. The van der Waals surface area contributed by atoms with Crippen molar-refractivity contribution in [3.63, 3.8) is 0 Å². The largest absolute Gasteiger partial charge is 0.328 e. The number of Topliss-reactive ketones (excluding diaryl/α,β-unsaturated/α-hetero) is 1. The Morgan fingerprint density at radius 3 is 2.58 bits per heavy atom. The van der Waals surface area contributed by atoms with Gasteiger partial charge in [-0.15, -0.1) is 4.73 Å². The maximum Gasteiger partial charge on any atom is 0.328 e. The molecule has 2 aromatic rings. The van der Waals surface area contributed by atoms with Gasteiger partial charge in [0.2, 0.25) is 0 Å². The average molecular weight is 510 g/mol. The molecule has 192 valence electrons. The predicted octanol–water partition coefficient (Wildman–Crippen LogP) is 3.22. The lowest BCUT2D eigenvalue weighted by molar-refractivity contribution is -0.128. The molecule has 0 amide bonds. The van der Waals surface area contributed by atoms with Crippen LogP contribution in [0.3, 0.4) is 0 Å². The molecule has 4 rings (SSSR count). The van der Waals surface area contributed by atoms with Crippen LogP contribution in [0.25, 0.3) is 23.4 Å². The zero-order chi connectivity index (χ0) is 26.5. The fourth-order valence-electron chi connectivity index (χ4n) is 6.19. The maximum absolute atomic E-state index is 13.5. The SMILES string of the molecule is C=c1c(C)c2/c(=C\C)c(C#CCCCC)ccc2c(=O)n1OS(=O)(=O)CC12CCC(CC1=O)C2(C)C. The van der Waals surface area contributed by atoms with Crippen LogP contribution in [0.1, 0.15) is 77.3 Å². The Morgan fingerprint density at radius 2 is 2.00 bits per heavy atom. The first-order chi connectivity index (χ1) is 16.9. The van der Waals surface area contributed by atoms with Crippen molar-refractivity contribution < 1.29 is 17.5 Å². The van der Waals surface area contributed by atoms with Crippen molar-refractivity contribution in [1.29, 1.82) is 0 Å². The minimum atomic E-state index is -4.27. The second-order valence-electron chi connectivity index (χ2n) is 10.8. The van der Waals surface area contributed by atoms with Gasteiger partial charge in [0.15, 0.2) is 0 Å². The van der Waals surface area contributed by atoms with E-state index in [2.05, 4.69) is 25.3 Å². The summed E-state index contributed by atoms with van der Waals surface area (Å²) < 4.78 is 32.8. The van der Waals surface area contributed by atoms with Crippen LogP contribution in [-0.4, -0.2) is 24.7 Å². The summed E-state index contributed by atoms with van der Waals surface area (Å²) in [5, 5.41) is 2.00. The van der Waals surface area contributed by atoms with Gasteiger partial charge < -0.3 is 0 Å². The van der Waals surface area contributed by atoms with Crippen LogP contribution in [-0.2, 0) is 14.9 Å². The summed E-state index contributed by atoms with van der Waals surface area (Å²) in [4.78, 5) is 26.3. The molecule has 1 aromatic heterocycles. The van der Waals surface area contributed by atoms with E-state index < -0.39 is 32.3 Å². The van der Waals surface area contributed by atoms with Gasteiger partial charge in [0.1, 0.15) is 11.5 Å². The molecule has 2 atom stereocenters. The molecule has 6 nitrogen and oxygen atoms in total. The summed E-state index contributed by atoms with van der Waals surface area (Å²) >= 11 is 0. The molecule has 2 saturated carbocycles. The van der Waals surface area contributed by atoms with Crippen molar-refractivity contribution in [2.24, 2.45) is 16.7 Å². The molecule has 2 aliphatic rings. The molecule has 0 N–H and O–H groups in total. The Bertz CT molecular complexity index is 1590. The molecule has 2 fully saturated rings. The second kappa shape index (κ2) is 9.23. The van der Waals surface area contributed by atoms with Crippen LogP contribution >= 0.6 is 0 Å². The quantitative estimate of drug-likeness (QED) is 0.441. The smallest absolute Gasteiger partial charge is 0.299 e. The Balaban J connectivity index is 1.78. The van der Waals surface area contributed by atoms with Crippen LogP contribution in [0.2, 0.25) is 0 Å². The topological polar surface area (TPSA) is 82.4 Å². The summed E-state index contributed by atoms with van der Waals surface area (Å²) in [6, 6.07) is 3.45. The summed E-state index contributed by atoms with van der Waals surface area (Å²) in [6.45, 7) is 13.7. The standard InChI is InChI=1S/C29H35NO5S/c1-7-9-10-11-12-21-13-14-24-26(23(21)8-2)19(3)20(4)30(27(24)32)35-36(33,34)18-29-16-15-22(17-25(29)31)28(29,5)6/h8,13-14,22H,4,7,9-10,15-18H2,1-3,5-6H3/b23-8-. The van der Waals surface area contributed by atoms with Gasteiger partial charge in [-0.25, -0.2) is 0 Å². The molecular formula is C29H35NO5S. The Labute approximate surface area is 213 Å². The highest BCUT2D eigenvalue weighted by atomic mass is 32.2.